The highest BCUT2D eigenvalue weighted by molar-refractivity contribution is 5.71. The summed E-state index contributed by atoms with van der Waals surface area (Å²) in [6.45, 7) is 9.48. The molecule has 0 saturated carbocycles. The van der Waals surface area contributed by atoms with Gasteiger partial charge in [-0.05, 0) is 90.6 Å². The lowest BCUT2D eigenvalue weighted by atomic mass is 9.85. The predicted molar refractivity (Wildman–Crippen MR) is 119 cm³/mol. The van der Waals surface area contributed by atoms with E-state index in [0.717, 1.165) is 61.2 Å². The zero-order chi connectivity index (χ0) is 21.8. The topological polar surface area (TPSA) is 41.6 Å². The van der Waals surface area contributed by atoms with E-state index in [1.165, 1.54) is 11.6 Å². The molecule has 0 radical (unpaired) electrons. The first-order valence-electron chi connectivity index (χ1n) is 11.4. The number of ether oxygens (including phenoxy) is 1. The van der Waals surface area contributed by atoms with Gasteiger partial charge >= 0.3 is 6.09 Å². The van der Waals surface area contributed by atoms with E-state index in [2.05, 4.69) is 36.2 Å². The van der Waals surface area contributed by atoms with Crippen molar-refractivity contribution in [1.29, 1.82) is 0 Å². The Balaban J connectivity index is 1.35. The Morgan fingerprint density at radius 1 is 1.16 bits per heavy atom. The molecule has 4 nitrogen and oxygen atoms in total. The highest BCUT2D eigenvalue weighted by Gasteiger charge is 2.42. The second kappa shape index (κ2) is 7.63. The highest BCUT2D eigenvalue weighted by Crippen LogP contribution is 2.46. The summed E-state index contributed by atoms with van der Waals surface area (Å²) < 4.78 is 19.7. The van der Waals surface area contributed by atoms with Gasteiger partial charge in [-0.3, -0.25) is 4.90 Å². The van der Waals surface area contributed by atoms with Gasteiger partial charge in [0.05, 0.1) is 6.04 Å². The predicted octanol–water partition coefficient (Wildman–Crippen LogP) is 5.24. The number of benzene rings is 2. The number of piperidine rings is 3. The SMILES string of the molecule is Cc1ccc(F)cc1-c1ccc2c(c1)CC(C)(C)C2NC(=O)O[C@H]1CN2CCC1CC2. The molecule has 3 saturated heterocycles. The van der Waals surface area contributed by atoms with Crippen LogP contribution in [-0.2, 0) is 11.2 Å². The van der Waals surface area contributed by atoms with Crippen LogP contribution in [0.25, 0.3) is 11.1 Å². The standard InChI is InChI=1S/C26H31FN2O2/c1-16-4-6-20(27)13-22(16)18-5-7-21-19(12-18)14-26(2,3)24(21)28-25(30)31-23-15-29-10-8-17(23)9-11-29/h4-7,12-13,17,23-24H,8-11,14-15H2,1-3H3,(H,28,30)/t23-,24?/m0/s1. The summed E-state index contributed by atoms with van der Waals surface area (Å²) >= 11 is 0. The normalized spacial score (nSPS) is 28.3. The van der Waals surface area contributed by atoms with Gasteiger partial charge in [-0.2, -0.15) is 0 Å². The lowest BCUT2D eigenvalue weighted by Crippen LogP contribution is -2.53. The Bertz CT molecular complexity index is 1010. The number of alkyl carbamates (subject to hydrolysis) is 1. The molecule has 2 aromatic rings. The van der Waals surface area contributed by atoms with Crippen molar-refractivity contribution in [3.05, 3.63) is 58.9 Å². The van der Waals surface area contributed by atoms with Crippen LogP contribution in [0.15, 0.2) is 36.4 Å². The Morgan fingerprint density at radius 2 is 1.94 bits per heavy atom. The summed E-state index contributed by atoms with van der Waals surface area (Å²) in [4.78, 5) is 15.2. The second-order valence-electron chi connectivity index (χ2n) is 10.2. The highest BCUT2D eigenvalue weighted by atomic mass is 19.1. The summed E-state index contributed by atoms with van der Waals surface area (Å²) in [6, 6.07) is 11.1. The summed E-state index contributed by atoms with van der Waals surface area (Å²) in [5.74, 6) is 0.271. The minimum Gasteiger partial charge on any atom is -0.445 e. The van der Waals surface area contributed by atoms with Crippen LogP contribution in [-0.4, -0.2) is 36.7 Å². The average Bonchev–Trinajstić information content (AvgIpc) is 2.99. The van der Waals surface area contributed by atoms with Crippen LogP contribution in [0.2, 0.25) is 0 Å². The van der Waals surface area contributed by atoms with Gasteiger partial charge in [0.25, 0.3) is 0 Å². The Morgan fingerprint density at radius 3 is 2.65 bits per heavy atom. The molecule has 0 aromatic heterocycles. The smallest absolute Gasteiger partial charge is 0.407 e. The number of amides is 1. The molecule has 1 amide bonds. The molecule has 2 aromatic carbocycles. The molecule has 0 spiro atoms. The number of fused-ring (bicyclic) bond motifs is 4. The van der Waals surface area contributed by atoms with Crippen molar-refractivity contribution in [1.82, 2.24) is 10.2 Å². The minimum absolute atomic E-state index is 0.00446. The quantitative estimate of drug-likeness (QED) is 0.735. The Labute approximate surface area is 183 Å². The third-order valence-corrected chi connectivity index (χ3v) is 7.51. The summed E-state index contributed by atoms with van der Waals surface area (Å²) in [5, 5.41) is 3.17. The van der Waals surface area contributed by atoms with E-state index in [1.54, 1.807) is 6.07 Å². The number of hydrogen-bond donors (Lipinski definition) is 1. The van der Waals surface area contributed by atoms with E-state index in [0.29, 0.717) is 5.92 Å². The molecule has 1 unspecified atom stereocenters. The van der Waals surface area contributed by atoms with E-state index in [9.17, 15) is 9.18 Å². The monoisotopic (exact) mass is 422 g/mol. The molecule has 2 bridgehead atoms. The van der Waals surface area contributed by atoms with Gasteiger partial charge < -0.3 is 10.1 Å². The maximum atomic E-state index is 13.8. The molecule has 3 heterocycles. The van der Waals surface area contributed by atoms with E-state index >= 15 is 0 Å². The maximum absolute atomic E-state index is 13.8. The first-order valence-corrected chi connectivity index (χ1v) is 11.4. The second-order valence-corrected chi connectivity index (χ2v) is 10.2. The number of carbonyl (C=O) groups is 1. The van der Waals surface area contributed by atoms with Gasteiger partial charge in [-0.1, -0.05) is 38.1 Å². The molecule has 1 aliphatic carbocycles. The lowest BCUT2D eigenvalue weighted by Gasteiger charge is -2.44. The molecule has 4 aliphatic rings. The summed E-state index contributed by atoms with van der Waals surface area (Å²) in [6.07, 6.45) is 2.80. The third kappa shape index (κ3) is 3.84. The summed E-state index contributed by atoms with van der Waals surface area (Å²) in [5.41, 5.74) is 5.20. The molecule has 3 fully saturated rings. The molecular weight excluding hydrogens is 391 g/mol. The fourth-order valence-corrected chi connectivity index (χ4v) is 5.73. The third-order valence-electron chi connectivity index (χ3n) is 7.51. The van der Waals surface area contributed by atoms with Crippen LogP contribution in [0.3, 0.4) is 0 Å². The molecular formula is C26H31FN2O2. The van der Waals surface area contributed by atoms with Crippen LogP contribution in [0.1, 0.15) is 49.4 Å². The van der Waals surface area contributed by atoms with E-state index in [-0.39, 0.29) is 29.5 Å². The zero-order valence-electron chi connectivity index (χ0n) is 18.6. The van der Waals surface area contributed by atoms with Crippen molar-refractivity contribution in [2.24, 2.45) is 11.3 Å². The van der Waals surface area contributed by atoms with E-state index in [1.807, 2.05) is 19.1 Å². The number of aryl methyl sites for hydroxylation is 1. The minimum atomic E-state index is -0.310. The van der Waals surface area contributed by atoms with E-state index < -0.39 is 0 Å². The molecule has 164 valence electrons. The fraction of sp³-hybridized carbons (Fsp3) is 0.500. The maximum Gasteiger partial charge on any atom is 0.407 e. The molecule has 5 heteroatoms. The van der Waals surface area contributed by atoms with Crippen LogP contribution < -0.4 is 5.32 Å². The number of rotatable bonds is 3. The van der Waals surface area contributed by atoms with Crippen molar-refractivity contribution in [3.8, 4) is 11.1 Å². The van der Waals surface area contributed by atoms with Crippen molar-refractivity contribution in [2.75, 3.05) is 19.6 Å². The van der Waals surface area contributed by atoms with E-state index in [4.69, 9.17) is 4.74 Å². The van der Waals surface area contributed by atoms with Gasteiger partial charge in [-0.25, -0.2) is 9.18 Å². The fourth-order valence-electron chi connectivity index (χ4n) is 5.73. The molecule has 31 heavy (non-hydrogen) atoms. The lowest BCUT2D eigenvalue weighted by molar-refractivity contribution is -0.0348. The van der Waals surface area contributed by atoms with Crippen LogP contribution in [0.4, 0.5) is 9.18 Å². The van der Waals surface area contributed by atoms with Crippen LogP contribution >= 0.6 is 0 Å². The van der Waals surface area contributed by atoms with Crippen molar-refractivity contribution >= 4 is 6.09 Å². The molecule has 6 rings (SSSR count). The number of hydrogen-bond acceptors (Lipinski definition) is 3. The molecule has 2 atom stereocenters. The largest absolute Gasteiger partial charge is 0.445 e. The van der Waals surface area contributed by atoms with Crippen molar-refractivity contribution < 1.29 is 13.9 Å². The summed E-state index contributed by atoms with van der Waals surface area (Å²) in [7, 11) is 0. The Hall–Kier alpha value is -2.40. The van der Waals surface area contributed by atoms with Gasteiger partial charge in [0, 0.05) is 6.54 Å². The first-order chi connectivity index (χ1) is 14.8. The van der Waals surface area contributed by atoms with Gasteiger partial charge in [0.15, 0.2) is 0 Å². The Kier molecular flexibility index (Phi) is 5.04. The zero-order valence-corrected chi connectivity index (χ0v) is 18.6. The van der Waals surface area contributed by atoms with Gasteiger partial charge in [-0.15, -0.1) is 0 Å². The number of nitrogens with one attached hydrogen (secondary N) is 1. The average molecular weight is 423 g/mol. The van der Waals surface area contributed by atoms with Gasteiger partial charge in [0.2, 0.25) is 0 Å². The number of nitrogens with zero attached hydrogens (tertiary/aromatic N) is 1. The molecule has 3 aliphatic heterocycles. The molecule has 1 N–H and O–H groups in total. The first kappa shape index (κ1) is 20.5. The van der Waals surface area contributed by atoms with Gasteiger partial charge in [0.1, 0.15) is 11.9 Å². The van der Waals surface area contributed by atoms with Crippen LogP contribution in [0, 0.1) is 24.1 Å². The van der Waals surface area contributed by atoms with Crippen LogP contribution in [0.5, 0.6) is 0 Å². The number of carbonyl (C=O) groups excluding carboxylic acids is 1. The number of halogens is 1. The van der Waals surface area contributed by atoms with Crippen molar-refractivity contribution in [3.63, 3.8) is 0 Å². The van der Waals surface area contributed by atoms with Crippen molar-refractivity contribution in [2.45, 2.75) is 52.2 Å².